The average Bonchev–Trinajstić information content (AvgIpc) is 2.77. The third-order valence-corrected chi connectivity index (χ3v) is 6.82. The van der Waals surface area contributed by atoms with Gasteiger partial charge in [-0.3, -0.25) is 4.79 Å². The van der Waals surface area contributed by atoms with Gasteiger partial charge in [0.25, 0.3) is 5.91 Å². The second kappa shape index (κ2) is 9.86. The van der Waals surface area contributed by atoms with E-state index in [0.29, 0.717) is 31.5 Å². The van der Waals surface area contributed by atoms with Crippen LogP contribution in [0, 0.1) is 5.82 Å². The quantitative estimate of drug-likeness (QED) is 0.619. The molecule has 3 rings (SSSR count). The molecule has 0 radical (unpaired) electrons. The smallest absolute Gasteiger partial charge is 0.422 e. The molecular weight excluding hydrogens is 452 g/mol. The number of rotatable bonds is 7. The molecule has 11 heteroatoms. The van der Waals surface area contributed by atoms with Crippen LogP contribution in [-0.2, 0) is 16.6 Å². The Morgan fingerprint density at radius 3 is 2.31 bits per heavy atom. The van der Waals surface area contributed by atoms with Crippen LogP contribution in [0.4, 0.5) is 17.6 Å². The highest BCUT2D eigenvalue weighted by molar-refractivity contribution is 7.89. The molecule has 2 aromatic rings. The highest BCUT2D eigenvalue weighted by Gasteiger charge is 2.30. The molecule has 0 atom stereocenters. The number of halogens is 4. The van der Waals surface area contributed by atoms with E-state index in [9.17, 15) is 30.8 Å². The van der Waals surface area contributed by atoms with E-state index >= 15 is 0 Å². The van der Waals surface area contributed by atoms with Crippen molar-refractivity contribution in [2.75, 3.05) is 19.7 Å². The van der Waals surface area contributed by atoms with Gasteiger partial charge in [-0.2, -0.15) is 17.5 Å². The van der Waals surface area contributed by atoms with E-state index in [0.717, 1.165) is 18.6 Å². The number of nitrogens with one attached hydrogen (secondary N) is 1. The zero-order valence-electron chi connectivity index (χ0n) is 17.0. The first-order valence-electron chi connectivity index (χ1n) is 9.93. The molecule has 0 bridgehead atoms. The molecule has 0 aromatic heterocycles. The highest BCUT2D eigenvalue weighted by atomic mass is 32.2. The van der Waals surface area contributed by atoms with Gasteiger partial charge in [0.1, 0.15) is 16.5 Å². The average molecular weight is 474 g/mol. The summed E-state index contributed by atoms with van der Waals surface area (Å²) >= 11 is 0. The second-order valence-corrected chi connectivity index (χ2v) is 9.25. The second-order valence-electron chi connectivity index (χ2n) is 7.34. The number of sulfonamides is 1. The minimum Gasteiger partial charge on any atom is -0.484 e. The van der Waals surface area contributed by atoms with Gasteiger partial charge in [0, 0.05) is 25.2 Å². The predicted octanol–water partition coefficient (Wildman–Crippen LogP) is 3.87. The number of carbonyl (C=O) groups excluding carboxylic acids is 1. The molecule has 0 spiro atoms. The minimum absolute atomic E-state index is 0.0212. The number of hydrogen-bond acceptors (Lipinski definition) is 4. The molecule has 0 unspecified atom stereocenters. The van der Waals surface area contributed by atoms with E-state index < -0.39 is 39.4 Å². The van der Waals surface area contributed by atoms with E-state index in [1.54, 1.807) is 0 Å². The Balaban J connectivity index is 1.65. The fourth-order valence-electron chi connectivity index (χ4n) is 3.24. The molecule has 32 heavy (non-hydrogen) atoms. The first kappa shape index (κ1) is 24.0. The van der Waals surface area contributed by atoms with Crippen LogP contribution >= 0.6 is 0 Å². The molecule has 2 aromatic carbocycles. The van der Waals surface area contributed by atoms with E-state index in [4.69, 9.17) is 0 Å². The van der Waals surface area contributed by atoms with E-state index in [1.807, 2.05) is 0 Å². The number of benzene rings is 2. The number of alkyl halides is 3. The van der Waals surface area contributed by atoms with Crippen LogP contribution in [0.2, 0.25) is 0 Å². The fraction of sp³-hybridized carbons (Fsp3) is 0.381. The van der Waals surface area contributed by atoms with Crippen molar-refractivity contribution in [1.82, 2.24) is 9.62 Å². The van der Waals surface area contributed by atoms with Gasteiger partial charge in [-0.25, -0.2) is 12.8 Å². The number of carbonyl (C=O) groups is 1. The molecule has 1 saturated heterocycles. The summed E-state index contributed by atoms with van der Waals surface area (Å²) < 4.78 is 82.3. The number of amides is 1. The van der Waals surface area contributed by atoms with Gasteiger partial charge in [0.15, 0.2) is 6.61 Å². The lowest BCUT2D eigenvalue weighted by molar-refractivity contribution is -0.153. The number of ether oxygens (including phenoxy) is 1. The Bertz CT molecular complexity index is 1050. The van der Waals surface area contributed by atoms with Crippen molar-refractivity contribution in [3.8, 4) is 5.75 Å². The van der Waals surface area contributed by atoms with Crippen molar-refractivity contribution in [1.29, 1.82) is 0 Å². The molecule has 0 aliphatic carbocycles. The van der Waals surface area contributed by atoms with Gasteiger partial charge in [-0.15, -0.1) is 0 Å². The summed E-state index contributed by atoms with van der Waals surface area (Å²) in [5.74, 6) is -1.51. The van der Waals surface area contributed by atoms with Crippen LogP contribution in [0.5, 0.6) is 5.75 Å². The molecule has 1 fully saturated rings. The van der Waals surface area contributed by atoms with Crippen LogP contribution in [0.3, 0.4) is 0 Å². The van der Waals surface area contributed by atoms with Gasteiger partial charge >= 0.3 is 6.18 Å². The maximum absolute atomic E-state index is 14.3. The third kappa shape index (κ3) is 6.19. The first-order valence-corrected chi connectivity index (χ1v) is 11.4. The van der Waals surface area contributed by atoms with Gasteiger partial charge < -0.3 is 10.1 Å². The largest absolute Gasteiger partial charge is 0.484 e. The predicted molar refractivity (Wildman–Crippen MR) is 108 cm³/mol. The lowest BCUT2D eigenvalue weighted by atomic mass is 10.2. The lowest BCUT2D eigenvalue weighted by Gasteiger charge is -2.26. The monoisotopic (exact) mass is 474 g/mol. The minimum atomic E-state index is -4.44. The normalized spacial score (nSPS) is 15.4. The molecule has 1 N–H and O–H groups in total. The number of piperidine rings is 1. The van der Waals surface area contributed by atoms with Crippen LogP contribution in [0.25, 0.3) is 0 Å². The van der Waals surface area contributed by atoms with Crippen molar-refractivity contribution < 1.29 is 35.5 Å². The number of hydrogen-bond donors (Lipinski definition) is 1. The van der Waals surface area contributed by atoms with Crippen molar-refractivity contribution in [3.63, 3.8) is 0 Å². The zero-order chi connectivity index (χ0) is 23.4. The van der Waals surface area contributed by atoms with Crippen molar-refractivity contribution in [2.45, 2.75) is 36.9 Å². The van der Waals surface area contributed by atoms with Crippen molar-refractivity contribution >= 4 is 15.9 Å². The van der Waals surface area contributed by atoms with E-state index in [1.165, 1.54) is 34.6 Å². The van der Waals surface area contributed by atoms with Gasteiger partial charge in [-0.05, 0) is 48.7 Å². The summed E-state index contributed by atoms with van der Waals surface area (Å²) in [6, 6.07) is 8.81. The fourth-order valence-corrected chi connectivity index (χ4v) is 4.85. The Morgan fingerprint density at radius 1 is 1.03 bits per heavy atom. The summed E-state index contributed by atoms with van der Waals surface area (Å²) in [6.07, 6.45) is -2.14. The summed E-state index contributed by atoms with van der Waals surface area (Å²) in [7, 11) is -4.05. The maximum Gasteiger partial charge on any atom is 0.422 e. The Morgan fingerprint density at radius 2 is 1.69 bits per heavy atom. The van der Waals surface area contributed by atoms with E-state index in [-0.39, 0.29) is 17.9 Å². The topological polar surface area (TPSA) is 75.7 Å². The van der Waals surface area contributed by atoms with Gasteiger partial charge in [0.05, 0.1) is 0 Å². The Labute approximate surface area is 183 Å². The van der Waals surface area contributed by atoms with Crippen LogP contribution in [-0.4, -0.2) is 44.5 Å². The first-order chi connectivity index (χ1) is 15.1. The van der Waals surface area contributed by atoms with Gasteiger partial charge in [-0.1, -0.05) is 18.6 Å². The molecule has 1 aliphatic rings. The Hall–Kier alpha value is -2.66. The molecule has 1 amide bonds. The third-order valence-electron chi connectivity index (χ3n) is 4.91. The molecule has 174 valence electrons. The van der Waals surface area contributed by atoms with Crippen LogP contribution in [0.1, 0.15) is 35.2 Å². The maximum atomic E-state index is 14.3. The molecule has 1 aliphatic heterocycles. The van der Waals surface area contributed by atoms with Crippen LogP contribution in [0.15, 0.2) is 47.4 Å². The summed E-state index contributed by atoms with van der Waals surface area (Å²) in [4.78, 5) is 11.9. The van der Waals surface area contributed by atoms with Crippen LogP contribution < -0.4 is 10.1 Å². The van der Waals surface area contributed by atoms with Gasteiger partial charge in [0.2, 0.25) is 10.0 Å². The van der Waals surface area contributed by atoms with Crippen molar-refractivity contribution in [3.05, 3.63) is 59.4 Å². The SMILES string of the molecule is O=C(NCc1ccc(OCC(F)(F)F)cc1)c1ccc(F)c(S(=O)(=O)N2CCCCC2)c1. The lowest BCUT2D eigenvalue weighted by Crippen LogP contribution is -2.36. The van der Waals surface area contributed by atoms with E-state index in [2.05, 4.69) is 10.1 Å². The summed E-state index contributed by atoms with van der Waals surface area (Å²) in [5.41, 5.74) is 0.563. The summed E-state index contributed by atoms with van der Waals surface area (Å²) in [6.45, 7) is -0.762. The highest BCUT2D eigenvalue weighted by Crippen LogP contribution is 2.24. The molecule has 6 nitrogen and oxygen atoms in total. The standard InChI is InChI=1S/C21H22F4N2O4S/c22-18-9-6-16(12-19(18)32(29,30)27-10-2-1-3-11-27)20(28)26-13-15-4-7-17(8-5-15)31-14-21(23,24)25/h4-9,12H,1-3,10-11,13-14H2,(H,26,28). The molecule has 0 saturated carbocycles. The summed E-state index contributed by atoms with van der Waals surface area (Å²) in [5, 5.41) is 2.58. The zero-order valence-corrected chi connectivity index (χ0v) is 17.8. The number of nitrogens with zero attached hydrogens (tertiary/aromatic N) is 1. The molecular formula is C21H22F4N2O4S. The molecule has 1 heterocycles. The van der Waals surface area contributed by atoms with Crippen molar-refractivity contribution in [2.24, 2.45) is 0 Å². The Kier molecular flexibility index (Phi) is 7.40.